The Labute approximate surface area is 202 Å². The van der Waals surface area contributed by atoms with Gasteiger partial charge in [0.15, 0.2) is 5.82 Å². The van der Waals surface area contributed by atoms with Crippen LogP contribution < -0.4 is 9.64 Å². The summed E-state index contributed by atoms with van der Waals surface area (Å²) in [5, 5.41) is 1.77. The van der Waals surface area contributed by atoms with Crippen molar-refractivity contribution in [2.45, 2.75) is 6.42 Å². The number of pyridine rings is 1. The zero-order valence-electron chi connectivity index (χ0n) is 18.6. The van der Waals surface area contributed by atoms with Crippen molar-refractivity contribution < 1.29 is 4.74 Å². The van der Waals surface area contributed by atoms with Gasteiger partial charge in [-0.3, -0.25) is 4.98 Å². The normalized spacial score (nSPS) is 12.7. The number of methoxy groups -OCH3 is 1. The van der Waals surface area contributed by atoms with Crippen LogP contribution in [0.25, 0.3) is 33.4 Å². The highest BCUT2D eigenvalue weighted by Crippen LogP contribution is 2.41. The molecule has 1 aliphatic rings. The second-order valence-corrected chi connectivity index (χ2v) is 8.71. The molecule has 2 aromatic heterocycles. The molecule has 166 valence electrons. The van der Waals surface area contributed by atoms with Gasteiger partial charge in [0.1, 0.15) is 5.75 Å². The zero-order valence-corrected chi connectivity index (χ0v) is 19.3. The van der Waals surface area contributed by atoms with Gasteiger partial charge < -0.3 is 9.64 Å². The lowest BCUT2D eigenvalue weighted by Crippen LogP contribution is -2.14. The number of fused-ring (bicyclic) bond motifs is 2. The van der Waals surface area contributed by atoms with E-state index in [1.165, 1.54) is 11.3 Å². The Morgan fingerprint density at radius 2 is 1.79 bits per heavy atom. The second-order valence-electron chi connectivity index (χ2n) is 8.27. The summed E-state index contributed by atoms with van der Waals surface area (Å²) in [4.78, 5) is 16.2. The predicted octanol–water partition coefficient (Wildman–Crippen LogP) is 6.72. The molecule has 6 heteroatoms. The summed E-state index contributed by atoms with van der Waals surface area (Å²) < 4.78 is 5.47. The van der Waals surface area contributed by atoms with Gasteiger partial charge in [-0.25, -0.2) is 9.97 Å². The van der Waals surface area contributed by atoms with Gasteiger partial charge in [0.25, 0.3) is 0 Å². The number of halogens is 1. The van der Waals surface area contributed by atoms with Crippen LogP contribution in [-0.2, 0) is 6.42 Å². The molecular weight excluding hydrogens is 444 g/mol. The Morgan fingerprint density at radius 3 is 2.65 bits per heavy atom. The lowest BCUT2D eigenvalue weighted by atomic mass is 10.0. The van der Waals surface area contributed by atoms with Crippen molar-refractivity contribution >= 4 is 33.9 Å². The molecule has 1 aliphatic heterocycles. The van der Waals surface area contributed by atoms with Crippen LogP contribution >= 0.6 is 11.6 Å². The Balaban J connectivity index is 1.57. The first kappa shape index (κ1) is 20.6. The molecule has 3 heterocycles. The number of nitrogens with zero attached hydrogens (tertiary/aromatic N) is 4. The standard InChI is InChI=1S/C28H21ClN4O/c1-34-23-6-2-4-18(13-23)21-14-25-24(17-31-28(32-25)20-5-3-10-30-16-20)27(15-21)33-11-9-19-12-22(29)7-8-26(19)33/h2-8,10,12-17H,9,11H2,1H3. The quantitative estimate of drug-likeness (QED) is 0.295. The number of aromatic nitrogens is 3. The van der Waals surface area contributed by atoms with E-state index in [2.05, 4.69) is 40.2 Å². The molecule has 0 N–H and O–H groups in total. The van der Waals surface area contributed by atoms with E-state index in [-0.39, 0.29) is 0 Å². The molecule has 0 spiro atoms. The molecule has 5 aromatic rings. The summed E-state index contributed by atoms with van der Waals surface area (Å²) in [6.07, 6.45) is 6.40. The van der Waals surface area contributed by atoms with Crippen LogP contribution in [0.4, 0.5) is 11.4 Å². The molecule has 0 bridgehead atoms. The number of rotatable bonds is 4. The summed E-state index contributed by atoms with van der Waals surface area (Å²) in [6, 6.07) is 22.4. The third-order valence-corrected chi connectivity index (χ3v) is 6.46. The molecule has 3 aromatic carbocycles. The number of anilines is 2. The molecule has 0 saturated carbocycles. The minimum atomic E-state index is 0.656. The van der Waals surface area contributed by atoms with Gasteiger partial charge in [-0.1, -0.05) is 23.7 Å². The van der Waals surface area contributed by atoms with Gasteiger partial charge >= 0.3 is 0 Å². The average Bonchev–Trinajstić information content (AvgIpc) is 3.31. The molecule has 0 aliphatic carbocycles. The van der Waals surface area contributed by atoms with Gasteiger partial charge in [-0.2, -0.15) is 0 Å². The fourth-order valence-electron chi connectivity index (χ4n) is 4.56. The highest BCUT2D eigenvalue weighted by atomic mass is 35.5. The van der Waals surface area contributed by atoms with Gasteiger partial charge in [0.2, 0.25) is 0 Å². The van der Waals surface area contributed by atoms with Crippen molar-refractivity contribution in [3.05, 3.63) is 95.9 Å². The minimum Gasteiger partial charge on any atom is -0.497 e. The SMILES string of the molecule is COc1cccc(-c2cc(N3CCc4cc(Cl)ccc43)c3cnc(-c4cccnc4)nc3c2)c1. The number of ether oxygens (including phenoxy) is 1. The van der Waals surface area contributed by atoms with Crippen LogP contribution in [0.1, 0.15) is 5.56 Å². The Kier molecular flexibility index (Phi) is 5.12. The van der Waals surface area contributed by atoms with E-state index < -0.39 is 0 Å². The summed E-state index contributed by atoms with van der Waals surface area (Å²) in [5.74, 6) is 1.47. The second kappa shape index (κ2) is 8.43. The number of hydrogen-bond acceptors (Lipinski definition) is 5. The molecular formula is C28H21ClN4O. The molecule has 0 radical (unpaired) electrons. The van der Waals surface area contributed by atoms with Crippen LogP contribution in [-0.4, -0.2) is 28.6 Å². The molecule has 0 saturated heterocycles. The van der Waals surface area contributed by atoms with E-state index in [0.29, 0.717) is 5.82 Å². The molecule has 0 unspecified atom stereocenters. The van der Waals surface area contributed by atoms with E-state index in [9.17, 15) is 0 Å². The van der Waals surface area contributed by atoms with Crippen LogP contribution in [0.15, 0.2) is 85.3 Å². The van der Waals surface area contributed by atoms with Crippen LogP contribution in [0.3, 0.4) is 0 Å². The van der Waals surface area contributed by atoms with Crippen LogP contribution in [0.2, 0.25) is 5.02 Å². The van der Waals surface area contributed by atoms with E-state index in [0.717, 1.165) is 57.0 Å². The predicted molar refractivity (Wildman–Crippen MR) is 137 cm³/mol. The lowest BCUT2D eigenvalue weighted by molar-refractivity contribution is 0.415. The Bertz CT molecular complexity index is 1520. The molecule has 0 atom stereocenters. The van der Waals surface area contributed by atoms with E-state index >= 15 is 0 Å². The summed E-state index contributed by atoms with van der Waals surface area (Å²) in [5.41, 5.74) is 7.41. The third-order valence-electron chi connectivity index (χ3n) is 6.23. The Hall–Kier alpha value is -3.96. The largest absolute Gasteiger partial charge is 0.497 e. The highest BCUT2D eigenvalue weighted by molar-refractivity contribution is 6.30. The summed E-state index contributed by atoms with van der Waals surface area (Å²) >= 11 is 6.27. The first-order valence-electron chi connectivity index (χ1n) is 11.1. The van der Waals surface area contributed by atoms with E-state index in [1.807, 2.05) is 42.6 Å². The summed E-state index contributed by atoms with van der Waals surface area (Å²) in [7, 11) is 1.69. The smallest absolute Gasteiger partial charge is 0.161 e. The highest BCUT2D eigenvalue weighted by Gasteiger charge is 2.23. The topological polar surface area (TPSA) is 51.1 Å². The van der Waals surface area contributed by atoms with Crippen molar-refractivity contribution in [2.75, 3.05) is 18.6 Å². The fraction of sp³-hybridized carbons (Fsp3) is 0.107. The van der Waals surface area contributed by atoms with Gasteiger partial charge in [0, 0.05) is 46.8 Å². The van der Waals surface area contributed by atoms with Crippen LogP contribution in [0, 0.1) is 0 Å². The minimum absolute atomic E-state index is 0.656. The number of benzene rings is 3. The maximum atomic E-state index is 6.27. The van der Waals surface area contributed by atoms with Gasteiger partial charge in [-0.05, 0) is 77.7 Å². The monoisotopic (exact) mass is 464 g/mol. The maximum Gasteiger partial charge on any atom is 0.161 e. The fourth-order valence-corrected chi connectivity index (χ4v) is 4.76. The van der Waals surface area contributed by atoms with Crippen molar-refractivity contribution in [3.63, 3.8) is 0 Å². The lowest BCUT2D eigenvalue weighted by Gasteiger charge is -2.23. The van der Waals surface area contributed by atoms with E-state index in [4.69, 9.17) is 26.3 Å². The third kappa shape index (κ3) is 3.64. The van der Waals surface area contributed by atoms with Gasteiger partial charge in [0.05, 0.1) is 18.3 Å². The van der Waals surface area contributed by atoms with Crippen molar-refractivity contribution in [3.8, 4) is 28.3 Å². The number of hydrogen-bond donors (Lipinski definition) is 0. The molecule has 0 amide bonds. The van der Waals surface area contributed by atoms with Crippen molar-refractivity contribution in [1.29, 1.82) is 0 Å². The van der Waals surface area contributed by atoms with Crippen molar-refractivity contribution in [1.82, 2.24) is 15.0 Å². The maximum absolute atomic E-state index is 6.27. The van der Waals surface area contributed by atoms with E-state index in [1.54, 1.807) is 19.5 Å². The molecule has 5 nitrogen and oxygen atoms in total. The van der Waals surface area contributed by atoms with Crippen LogP contribution in [0.5, 0.6) is 5.75 Å². The van der Waals surface area contributed by atoms with Gasteiger partial charge in [-0.15, -0.1) is 0 Å². The molecule has 34 heavy (non-hydrogen) atoms. The average molecular weight is 465 g/mol. The molecule has 0 fully saturated rings. The summed E-state index contributed by atoms with van der Waals surface area (Å²) in [6.45, 7) is 0.872. The van der Waals surface area contributed by atoms with Crippen molar-refractivity contribution in [2.24, 2.45) is 0 Å². The first-order valence-corrected chi connectivity index (χ1v) is 11.5. The zero-order chi connectivity index (χ0) is 23.1. The molecule has 6 rings (SSSR count). The Morgan fingerprint density at radius 1 is 0.882 bits per heavy atom. The first-order chi connectivity index (χ1) is 16.7.